The molecule has 2 saturated heterocycles. The van der Waals surface area contributed by atoms with Gasteiger partial charge in [0.2, 0.25) is 5.91 Å². The molecule has 2 aliphatic rings. The second-order valence-corrected chi connectivity index (χ2v) is 4.99. The first-order chi connectivity index (χ1) is 7.31. The molecule has 2 rings (SSSR count). The van der Waals surface area contributed by atoms with Crippen molar-refractivity contribution in [1.82, 2.24) is 10.2 Å². The number of hydrogen-bond acceptors (Lipinski definition) is 4. The van der Waals surface area contributed by atoms with Crippen LogP contribution in [0.5, 0.6) is 0 Å². The van der Waals surface area contributed by atoms with Gasteiger partial charge in [-0.3, -0.25) is 10.1 Å². The van der Waals surface area contributed by atoms with Crippen LogP contribution in [0.1, 0.15) is 13.3 Å². The van der Waals surface area contributed by atoms with Gasteiger partial charge in [0, 0.05) is 24.7 Å². The predicted octanol–water partition coefficient (Wildman–Crippen LogP) is 0.286. The van der Waals surface area contributed by atoms with Crippen molar-refractivity contribution in [3.63, 3.8) is 0 Å². The average Bonchev–Trinajstić information content (AvgIpc) is 2.81. The van der Waals surface area contributed by atoms with Crippen LogP contribution >= 0.6 is 11.8 Å². The van der Waals surface area contributed by atoms with E-state index in [9.17, 15) is 4.79 Å². The molecule has 2 heterocycles. The SMILES string of the molecule is CCC1CN(C(=O)C2CSCN2)CCO1. The summed E-state index contributed by atoms with van der Waals surface area (Å²) in [6.45, 7) is 4.29. The number of rotatable bonds is 2. The summed E-state index contributed by atoms with van der Waals surface area (Å²) in [5, 5.41) is 3.22. The summed E-state index contributed by atoms with van der Waals surface area (Å²) >= 11 is 1.79. The molecule has 86 valence electrons. The van der Waals surface area contributed by atoms with E-state index in [4.69, 9.17) is 4.74 Å². The third-order valence-electron chi connectivity index (χ3n) is 2.92. The van der Waals surface area contributed by atoms with E-state index in [1.54, 1.807) is 11.8 Å². The Bertz CT molecular complexity index is 231. The van der Waals surface area contributed by atoms with Crippen LogP contribution in [0.15, 0.2) is 0 Å². The zero-order valence-electron chi connectivity index (χ0n) is 9.07. The van der Waals surface area contributed by atoms with Gasteiger partial charge in [0.15, 0.2) is 0 Å². The highest BCUT2D eigenvalue weighted by atomic mass is 32.2. The van der Waals surface area contributed by atoms with Gasteiger partial charge in [-0.05, 0) is 6.42 Å². The highest BCUT2D eigenvalue weighted by Gasteiger charge is 2.30. The first kappa shape index (κ1) is 11.2. The van der Waals surface area contributed by atoms with Gasteiger partial charge >= 0.3 is 0 Å². The Kier molecular flexibility index (Phi) is 3.88. The molecule has 2 atom stereocenters. The van der Waals surface area contributed by atoms with E-state index in [-0.39, 0.29) is 18.1 Å². The fourth-order valence-corrected chi connectivity index (χ4v) is 2.87. The van der Waals surface area contributed by atoms with Gasteiger partial charge in [-0.25, -0.2) is 0 Å². The number of nitrogens with one attached hydrogen (secondary N) is 1. The van der Waals surface area contributed by atoms with Crippen LogP contribution in [-0.2, 0) is 9.53 Å². The van der Waals surface area contributed by atoms with E-state index in [1.165, 1.54) is 0 Å². The monoisotopic (exact) mass is 230 g/mol. The van der Waals surface area contributed by atoms with Crippen LogP contribution in [0, 0.1) is 0 Å². The highest BCUT2D eigenvalue weighted by molar-refractivity contribution is 7.99. The predicted molar refractivity (Wildman–Crippen MR) is 60.9 cm³/mol. The van der Waals surface area contributed by atoms with Crippen LogP contribution in [0.3, 0.4) is 0 Å². The molecule has 4 nitrogen and oxygen atoms in total. The molecule has 1 amide bonds. The van der Waals surface area contributed by atoms with Crippen LogP contribution in [0.25, 0.3) is 0 Å². The number of carbonyl (C=O) groups is 1. The van der Waals surface area contributed by atoms with Gasteiger partial charge < -0.3 is 9.64 Å². The Hall–Kier alpha value is -0.260. The lowest BCUT2D eigenvalue weighted by atomic mass is 10.2. The smallest absolute Gasteiger partial charge is 0.240 e. The Balaban J connectivity index is 1.88. The number of thioether (sulfide) groups is 1. The summed E-state index contributed by atoms with van der Waals surface area (Å²) in [6, 6.07) is 0.0330. The summed E-state index contributed by atoms with van der Waals surface area (Å²) in [5.41, 5.74) is 0. The van der Waals surface area contributed by atoms with Gasteiger partial charge in [0.25, 0.3) is 0 Å². The largest absolute Gasteiger partial charge is 0.375 e. The lowest BCUT2D eigenvalue weighted by Crippen LogP contribution is -2.51. The Labute approximate surface area is 94.7 Å². The van der Waals surface area contributed by atoms with Gasteiger partial charge in [0.1, 0.15) is 0 Å². The summed E-state index contributed by atoms with van der Waals surface area (Å²) < 4.78 is 5.55. The maximum Gasteiger partial charge on any atom is 0.240 e. The minimum absolute atomic E-state index is 0.0330. The average molecular weight is 230 g/mol. The zero-order valence-corrected chi connectivity index (χ0v) is 9.89. The topological polar surface area (TPSA) is 41.6 Å². The lowest BCUT2D eigenvalue weighted by molar-refractivity contribution is -0.140. The van der Waals surface area contributed by atoms with E-state index >= 15 is 0 Å². The third kappa shape index (κ3) is 2.65. The summed E-state index contributed by atoms with van der Waals surface area (Å²) in [5.74, 6) is 2.06. The molecule has 2 aliphatic heterocycles. The number of nitrogens with zero attached hydrogens (tertiary/aromatic N) is 1. The molecule has 2 fully saturated rings. The van der Waals surface area contributed by atoms with Gasteiger partial charge in [-0.15, -0.1) is 11.8 Å². The Morgan fingerprint density at radius 2 is 2.53 bits per heavy atom. The first-order valence-corrected chi connectivity index (χ1v) is 6.68. The minimum atomic E-state index is 0.0330. The van der Waals surface area contributed by atoms with Gasteiger partial charge in [0.05, 0.1) is 18.8 Å². The van der Waals surface area contributed by atoms with E-state index in [2.05, 4.69) is 12.2 Å². The molecule has 0 radical (unpaired) electrons. The molecule has 1 N–H and O–H groups in total. The molecule has 2 unspecified atom stereocenters. The van der Waals surface area contributed by atoms with E-state index in [0.29, 0.717) is 6.61 Å². The van der Waals surface area contributed by atoms with Crippen LogP contribution in [0.2, 0.25) is 0 Å². The van der Waals surface area contributed by atoms with Crippen molar-refractivity contribution in [3.8, 4) is 0 Å². The van der Waals surface area contributed by atoms with Crippen LogP contribution < -0.4 is 5.32 Å². The van der Waals surface area contributed by atoms with Crippen LogP contribution in [0.4, 0.5) is 0 Å². The zero-order chi connectivity index (χ0) is 10.7. The fraction of sp³-hybridized carbons (Fsp3) is 0.900. The summed E-state index contributed by atoms with van der Waals surface area (Å²) in [7, 11) is 0. The number of morpholine rings is 1. The van der Waals surface area contributed by atoms with Crippen LogP contribution in [-0.4, -0.2) is 54.3 Å². The number of ether oxygens (including phenoxy) is 1. The third-order valence-corrected chi connectivity index (χ3v) is 3.86. The maximum atomic E-state index is 12.1. The lowest BCUT2D eigenvalue weighted by Gasteiger charge is -2.33. The number of hydrogen-bond donors (Lipinski definition) is 1. The number of carbonyl (C=O) groups excluding carboxylic acids is 1. The van der Waals surface area contributed by atoms with E-state index < -0.39 is 0 Å². The normalized spacial score (nSPS) is 31.9. The second-order valence-electron chi connectivity index (χ2n) is 3.96. The molecule has 0 bridgehead atoms. The molecule has 15 heavy (non-hydrogen) atoms. The fourth-order valence-electron chi connectivity index (χ4n) is 1.94. The quantitative estimate of drug-likeness (QED) is 0.740. The van der Waals surface area contributed by atoms with E-state index in [1.807, 2.05) is 4.90 Å². The van der Waals surface area contributed by atoms with Crippen molar-refractivity contribution in [3.05, 3.63) is 0 Å². The summed E-state index contributed by atoms with van der Waals surface area (Å²) in [6.07, 6.45) is 1.22. The molecule has 0 saturated carbocycles. The molecule has 0 aromatic rings. The standard InChI is InChI=1S/C10H18N2O2S/c1-2-8-5-12(3-4-14-8)10(13)9-6-15-7-11-9/h8-9,11H,2-7H2,1H3. The Morgan fingerprint density at radius 3 is 3.20 bits per heavy atom. The molecule has 0 aromatic carbocycles. The van der Waals surface area contributed by atoms with Gasteiger partial charge in [-0.2, -0.15) is 0 Å². The maximum absolute atomic E-state index is 12.1. The minimum Gasteiger partial charge on any atom is -0.375 e. The molecule has 0 aromatic heterocycles. The first-order valence-electron chi connectivity index (χ1n) is 5.52. The van der Waals surface area contributed by atoms with Crippen molar-refractivity contribution in [2.75, 3.05) is 31.3 Å². The van der Waals surface area contributed by atoms with Crippen molar-refractivity contribution in [2.45, 2.75) is 25.5 Å². The summed E-state index contributed by atoms with van der Waals surface area (Å²) in [4.78, 5) is 14.0. The van der Waals surface area contributed by atoms with Crippen molar-refractivity contribution in [2.24, 2.45) is 0 Å². The molecule has 0 aliphatic carbocycles. The molecular formula is C10H18N2O2S. The van der Waals surface area contributed by atoms with Gasteiger partial charge in [-0.1, -0.05) is 6.92 Å². The van der Waals surface area contributed by atoms with Crippen molar-refractivity contribution >= 4 is 17.7 Å². The number of amides is 1. The highest BCUT2D eigenvalue weighted by Crippen LogP contribution is 2.15. The molecular weight excluding hydrogens is 212 g/mol. The molecule has 0 spiro atoms. The molecule has 5 heteroatoms. The Morgan fingerprint density at radius 1 is 1.67 bits per heavy atom. The van der Waals surface area contributed by atoms with Crippen molar-refractivity contribution < 1.29 is 9.53 Å². The second kappa shape index (κ2) is 5.18. The van der Waals surface area contributed by atoms with Crippen molar-refractivity contribution in [1.29, 1.82) is 0 Å². The van der Waals surface area contributed by atoms with E-state index in [0.717, 1.165) is 31.1 Å².